The Balaban J connectivity index is 1.85. The number of rotatable bonds is 3. The van der Waals surface area contributed by atoms with E-state index in [9.17, 15) is 4.79 Å². The fourth-order valence-electron chi connectivity index (χ4n) is 2.89. The van der Waals surface area contributed by atoms with Crippen LogP contribution in [0.25, 0.3) is 0 Å². The number of benzene rings is 1. The summed E-state index contributed by atoms with van der Waals surface area (Å²) in [7, 11) is 1.84. The van der Waals surface area contributed by atoms with Gasteiger partial charge in [-0.1, -0.05) is 44.2 Å². The molecule has 122 valence electrons. The molecule has 1 aromatic carbocycles. The third kappa shape index (κ3) is 3.29. The second kappa shape index (κ2) is 6.54. The van der Waals surface area contributed by atoms with E-state index < -0.39 is 0 Å². The van der Waals surface area contributed by atoms with Crippen LogP contribution in [0.15, 0.2) is 42.7 Å². The molecule has 2 atom stereocenters. The number of ether oxygens (including phenoxy) is 1. The highest BCUT2D eigenvalue weighted by Gasteiger charge is 2.34. The van der Waals surface area contributed by atoms with Gasteiger partial charge < -0.3 is 14.2 Å². The van der Waals surface area contributed by atoms with Gasteiger partial charge >= 0.3 is 0 Å². The van der Waals surface area contributed by atoms with E-state index in [0.717, 1.165) is 5.56 Å². The van der Waals surface area contributed by atoms with Gasteiger partial charge in [-0.2, -0.15) is 0 Å². The number of amides is 1. The standard InChI is InChI=1S/C18H23N3O2/c1-13(2)15-11-21(18(22)17-19-9-10-20(17)3)12-16(23-15)14-7-5-4-6-8-14/h4-10,13,15-16H,11-12H2,1-3H3/t15-,16+/m1/s1. The van der Waals surface area contributed by atoms with Gasteiger partial charge in [-0.25, -0.2) is 4.98 Å². The highest BCUT2D eigenvalue weighted by Crippen LogP contribution is 2.28. The monoisotopic (exact) mass is 313 g/mol. The lowest BCUT2D eigenvalue weighted by Crippen LogP contribution is -2.49. The Bertz CT molecular complexity index is 666. The third-order valence-electron chi connectivity index (χ3n) is 4.34. The van der Waals surface area contributed by atoms with Crippen molar-refractivity contribution in [2.45, 2.75) is 26.1 Å². The molecule has 1 aromatic heterocycles. The highest BCUT2D eigenvalue weighted by atomic mass is 16.5. The Morgan fingerprint density at radius 1 is 1.26 bits per heavy atom. The molecule has 0 aliphatic carbocycles. The number of hydrogen-bond donors (Lipinski definition) is 0. The lowest BCUT2D eigenvalue weighted by atomic mass is 10.0. The summed E-state index contributed by atoms with van der Waals surface area (Å²) in [6.45, 7) is 5.41. The van der Waals surface area contributed by atoms with Crippen molar-refractivity contribution in [3.8, 4) is 0 Å². The molecule has 2 aromatic rings. The van der Waals surface area contributed by atoms with E-state index in [-0.39, 0.29) is 18.1 Å². The quantitative estimate of drug-likeness (QED) is 0.875. The Hall–Kier alpha value is -2.14. The van der Waals surface area contributed by atoms with E-state index in [1.807, 2.05) is 30.1 Å². The normalized spacial score (nSPS) is 21.7. The molecule has 0 unspecified atom stereocenters. The van der Waals surface area contributed by atoms with Gasteiger partial charge in [-0.05, 0) is 11.5 Å². The van der Waals surface area contributed by atoms with Crippen molar-refractivity contribution in [2.75, 3.05) is 13.1 Å². The summed E-state index contributed by atoms with van der Waals surface area (Å²) in [5.41, 5.74) is 1.11. The van der Waals surface area contributed by atoms with Gasteiger partial charge in [0.1, 0.15) is 6.10 Å². The summed E-state index contributed by atoms with van der Waals surface area (Å²) in [5, 5.41) is 0. The smallest absolute Gasteiger partial charge is 0.290 e. The zero-order chi connectivity index (χ0) is 16.4. The second-order valence-corrected chi connectivity index (χ2v) is 6.39. The van der Waals surface area contributed by atoms with Crippen LogP contribution in [0.1, 0.15) is 36.1 Å². The summed E-state index contributed by atoms with van der Waals surface area (Å²) in [5.74, 6) is 0.784. The van der Waals surface area contributed by atoms with Gasteiger partial charge in [0.25, 0.3) is 5.91 Å². The van der Waals surface area contributed by atoms with Crippen LogP contribution in [0.3, 0.4) is 0 Å². The van der Waals surface area contributed by atoms with Crippen molar-refractivity contribution in [3.05, 3.63) is 54.1 Å². The number of nitrogens with zero attached hydrogens (tertiary/aromatic N) is 3. The number of aromatic nitrogens is 2. The number of imidazole rings is 1. The van der Waals surface area contributed by atoms with E-state index in [2.05, 4.69) is 31.0 Å². The molecule has 1 aliphatic heterocycles. The molecule has 1 aliphatic rings. The largest absolute Gasteiger partial charge is 0.366 e. The first-order valence-electron chi connectivity index (χ1n) is 8.03. The van der Waals surface area contributed by atoms with Crippen LogP contribution < -0.4 is 0 Å². The zero-order valence-electron chi connectivity index (χ0n) is 13.8. The fraction of sp³-hybridized carbons (Fsp3) is 0.444. The summed E-state index contributed by atoms with van der Waals surface area (Å²) in [6.07, 6.45) is 3.38. The summed E-state index contributed by atoms with van der Waals surface area (Å²) >= 11 is 0. The van der Waals surface area contributed by atoms with Gasteiger partial charge in [-0.15, -0.1) is 0 Å². The van der Waals surface area contributed by atoms with Crippen molar-refractivity contribution in [1.29, 1.82) is 0 Å². The summed E-state index contributed by atoms with van der Waals surface area (Å²) < 4.78 is 8.00. The maximum Gasteiger partial charge on any atom is 0.290 e. The Morgan fingerprint density at radius 2 is 2.00 bits per heavy atom. The molecule has 1 amide bonds. The van der Waals surface area contributed by atoms with Gasteiger partial charge in [-0.3, -0.25) is 4.79 Å². The maximum absolute atomic E-state index is 12.8. The molecule has 0 saturated carbocycles. The van der Waals surface area contributed by atoms with Crippen molar-refractivity contribution < 1.29 is 9.53 Å². The number of carbonyl (C=O) groups is 1. The predicted octanol–water partition coefficient (Wildman–Crippen LogP) is 2.66. The first-order chi connectivity index (χ1) is 11.1. The summed E-state index contributed by atoms with van der Waals surface area (Å²) in [6, 6.07) is 10.1. The molecule has 0 bridgehead atoms. The van der Waals surface area contributed by atoms with Gasteiger partial charge in [0, 0.05) is 26.0 Å². The topological polar surface area (TPSA) is 47.4 Å². The summed E-state index contributed by atoms with van der Waals surface area (Å²) in [4.78, 5) is 18.9. The minimum Gasteiger partial charge on any atom is -0.366 e. The van der Waals surface area contributed by atoms with Crippen LogP contribution in [0.4, 0.5) is 0 Å². The molecule has 0 radical (unpaired) electrons. The average Bonchev–Trinajstić information content (AvgIpc) is 3.00. The van der Waals surface area contributed by atoms with Crippen LogP contribution >= 0.6 is 0 Å². The average molecular weight is 313 g/mol. The molecule has 2 heterocycles. The Labute approximate surface area is 136 Å². The Morgan fingerprint density at radius 3 is 2.61 bits per heavy atom. The first kappa shape index (κ1) is 15.7. The molecule has 23 heavy (non-hydrogen) atoms. The van der Waals surface area contributed by atoms with Crippen molar-refractivity contribution in [3.63, 3.8) is 0 Å². The minimum atomic E-state index is -0.0958. The predicted molar refractivity (Wildman–Crippen MR) is 88.0 cm³/mol. The lowest BCUT2D eigenvalue weighted by Gasteiger charge is -2.39. The minimum absolute atomic E-state index is 0.0261. The number of hydrogen-bond acceptors (Lipinski definition) is 3. The molecule has 3 rings (SSSR count). The van der Waals surface area contributed by atoms with Crippen molar-refractivity contribution in [2.24, 2.45) is 13.0 Å². The first-order valence-corrected chi connectivity index (χ1v) is 8.03. The molecule has 5 heteroatoms. The molecule has 0 spiro atoms. The van der Waals surface area contributed by atoms with E-state index >= 15 is 0 Å². The number of carbonyl (C=O) groups excluding carboxylic acids is 1. The second-order valence-electron chi connectivity index (χ2n) is 6.39. The van der Waals surface area contributed by atoms with Gasteiger partial charge in [0.2, 0.25) is 0 Å². The van der Waals surface area contributed by atoms with Gasteiger partial charge in [0.15, 0.2) is 5.82 Å². The third-order valence-corrected chi connectivity index (χ3v) is 4.34. The molecule has 5 nitrogen and oxygen atoms in total. The van der Waals surface area contributed by atoms with E-state index in [1.165, 1.54) is 0 Å². The molecule has 1 fully saturated rings. The van der Waals surface area contributed by atoms with Crippen LogP contribution in [-0.2, 0) is 11.8 Å². The van der Waals surface area contributed by atoms with Crippen LogP contribution in [0.5, 0.6) is 0 Å². The highest BCUT2D eigenvalue weighted by molar-refractivity contribution is 5.91. The molecular weight excluding hydrogens is 290 g/mol. The van der Waals surface area contributed by atoms with Crippen molar-refractivity contribution >= 4 is 5.91 Å². The van der Waals surface area contributed by atoms with E-state index in [4.69, 9.17) is 4.74 Å². The SMILES string of the molecule is CC(C)[C@H]1CN(C(=O)c2nccn2C)C[C@@H](c2ccccc2)O1. The maximum atomic E-state index is 12.8. The van der Waals surface area contributed by atoms with Gasteiger partial charge in [0.05, 0.1) is 12.6 Å². The number of morpholine rings is 1. The molecule has 0 N–H and O–H groups in total. The van der Waals surface area contributed by atoms with Crippen LogP contribution in [0.2, 0.25) is 0 Å². The zero-order valence-corrected chi connectivity index (χ0v) is 13.8. The van der Waals surface area contributed by atoms with E-state index in [0.29, 0.717) is 24.8 Å². The molecular formula is C18H23N3O2. The van der Waals surface area contributed by atoms with E-state index in [1.54, 1.807) is 17.0 Å². The van der Waals surface area contributed by atoms with Crippen LogP contribution in [0, 0.1) is 5.92 Å². The fourth-order valence-corrected chi connectivity index (χ4v) is 2.89. The lowest BCUT2D eigenvalue weighted by molar-refractivity contribution is -0.0957. The molecule has 1 saturated heterocycles. The Kier molecular flexibility index (Phi) is 4.48. The van der Waals surface area contributed by atoms with Crippen molar-refractivity contribution in [1.82, 2.24) is 14.5 Å². The number of aryl methyl sites for hydroxylation is 1. The van der Waals surface area contributed by atoms with Crippen LogP contribution in [-0.4, -0.2) is 39.6 Å².